The van der Waals surface area contributed by atoms with Crippen LogP contribution in [0.5, 0.6) is 0 Å². The van der Waals surface area contributed by atoms with Gasteiger partial charge in [0.2, 0.25) is 0 Å². The predicted molar refractivity (Wildman–Crippen MR) is 70.4 cm³/mol. The fourth-order valence-corrected chi connectivity index (χ4v) is 2.26. The Balaban J connectivity index is 2.29. The van der Waals surface area contributed by atoms with Crippen LogP contribution in [0, 0.1) is 0 Å². The molecule has 2 rings (SSSR count). The number of hydrogen-bond acceptors (Lipinski definition) is 3. The van der Waals surface area contributed by atoms with E-state index in [2.05, 4.69) is 24.0 Å². The molecule has 0 N–H and O–H groups in total. The van der Waals surface area contributed by atoms with Crippen molar-refractivity contribution >= 4 is 11.8 Å². The van der Waals surface area contributed by atoms with Gasteiger partial charge in [0.1, 0.15) is 0 Å². The molecule has 1 heterocycles. The van der Waals surface area contributed by atoms with Crippen LogP contribution in [0.2, 0.25) is 0 Å². The highest BCUT2D eigenvalue weighted by molar-refractivity contribution is 7.99. The maximum absolute atomic E-state index is 11.2. The molecule has 0 saturated carbocycles. The van der Waals surface area contributed by atoms with Crippen molar-refractivity contribution in [2.45, 2.75) is 18.6 Å². The topological polar surface area (TPSA) is 34.9 Å². The third-order valence-corrected chi connectivity index (χ3v) is 3.19. The van der Waals surface area contributed by atoms with Gasteiger partial charge in [0, 0.05) is 18.8 Å². The van der Waals surface area contributed by atoms with Crippen molar-refractivity contribution in [1.82, 2.24) is 9.55 Å². The summed E-state index contributed by atoms with van der Waals surface area (Å²) in [6, 6.07) is 11.7. The number of nitrogens with zero attached hydrogens (tertiary/aromatic N) is 2. The second-order valence-electron chi connectivity index (χ2n) is 3.59. The maximum atomic E-state index is 11.2. The SMILES string of the molecule is CCSc1nc(=O)ccn1Cc1ccccc1. The van der Waals surface area contributed by atoms with Gasteiger partial charge in [0.05, 0.1) is 0 Å². The van der Waals surface area contributed by atoms with Crippen molar-refractivity contribution in [3.63, 3.8) is 0 Å². The Labute approximate surface area is 105 Å². The summed E-state index contributed by atoms with van der Waals surface area (Å²) in [6.07, 6.45) is 1.81. The van der Waals surface area contributed by atoms with Gasteiger partial charge in [-0.05, 0) is 11.3 Å². The molecule has 88 valence electrons. The van der Waals surface area contributed by atoms with Gasteiger partial charge in [-0.3, -0.25) is 4.79 Å². The number of hydrogen-bond donors (Lipinski definition) is 0. The van der Waals surface area contributed by atoms with Crippen LogP contribution >= 0.6 is 11.8 Å². The zero-order chi connectivity index (χ0) is 12.1. The van der Waals surface area contributed by atoms with Crippen molar-refractivity contribution < 1.29 is 0 Å². The summed E-state index contributed by atoms with van der Waals surface area (Å²) in [4.78, 5) is 15.3. The lowest BCUT2D eigenvalue weighted by Crippen LogP contribution is -2.13. The molecule has 0 radical (unpaired) electrons. The number of thioether (sulfide) groups is 1. The van der Waals surface area contributed by atoms with E-state index in [0.717, 1.165) is 17.5 Å². The average Bonchev–Trinajstić information content (AvgIpc) is 2.34. The van der Waals surface area contributed by atoms with Gasteiger partial charge in [-0.25, -0.2) is 0 Å². The first-order valence-electron chi connectivity index (χ1n) is 5.54. The summed E-state index contributed by atoms with van der Waals surface area (Å²) in [6.45, 7) is 2.80. The van der Waals surface area contributed by atoms with Crippen LogP contribution in [0.3, 0.4) is 0 Å². The summed E-state index contributed by atoms with van der Waals surface area (Å²) < 4.78 is 2.00. The highest BCUT2D eigenvalue weighted by Gasteiger charge is 2.03. The number of benzene rings is 1. The molecule has 0 fully saturated rings. The van der Waals surface area contributed by atoms with Gasteiger partial charge in [0.15, 0.2) is 5.16 Å². The van der Waals surface area contributed by atoms with Gasteiger partial charge >= 0.3 is 0 Å². The zero-order valence-electron chi connectivity index (χ0n) is 9.67. The molecule has 0 atom stereocenters. The molecular weight excluding hydrogens is 232 g/mol. The van der Waals surface area contributed by atoms with Crippen LogP contribution in [0.4, 0.5) is 0 Å². The van der Waals surface area contributed by atoms with E-state index >= 15 is 0 Å². The molecule has 0 amide bonds. The fourth-order valence-electron chi connectivity index (χ4n) is 1.56. The van der Waals surface area contributed by atoms with E-state index in [0.29, 0.717) is 0 Å². The molecule has 17 heavy (non-hydrogen) atoms. The number of aromatic nitrogens is 2. The number of rotatable bonds is 4. The Morgan fingerprint density at radius 2 is 2.00 bits per heavy atom. The van der Waals surface area contributed by atoms with E-state index in [1.54, 1.807) is 18.0 Å². The lowest BCUT2D eigenvalue weighted by molar-refractivity contribution is 0.663. The van der Waals surface area contributed by atoms with Gasteiger partial charge in [0.25, 0.3) is 5.56 Å². The quantitative estimate of drug-likeness (QED) is 0.614. The van der Waals surface area contributed by atoms with Crippen LogP contribution in [0.1, 0.15) is 12.5 Å². The highest BCUT2D eigenvalue weighted by Crippen LogP contribution is 2.14. The zero-order valence-corrected chi connectivity index (χ0v) is 10.5. The summed E-state index contributed by atoms with van der Waals surface area (Å²) >= 11 is 1.59. The molecular formula is C13H14N2OS. The van der Waals surface area contributed by atoms with Crippen molar-refractivity contribution in [2.24, 2.45) is 0 Å². The lowest BCUT2D eigenvalue weighted by atomic mass is 10.2. The van der Waals surface area contributed by atoms with E-state index in [1.165, 1.54) is 11.6 Å². The minimum atomic E-state index is -0.176. The summed E-state index contributed by atoms with van der Waals surface area (Å²) in [5, 5.41) is 0.781. The minimum absolute atomic E-state index is 0.176. The largest absolute Gasteiger partial charge is 0.323 e. The second kappa shape index (κ2) is 5.68. The minimum Gasteiger partial charge on any atom is -0.323 e. The first kappa shape index (κ1) is 11.9. The Kier molecular flexibility index (Phi) is 3.98. The molecule has 0 bridgehead atoms. The smallest absolute Gasteiger partial charge is 0.273 e. The van der Waals surface area contributed by atoms with Crippen LogP contribution in [-0.4, -0.2) is 15.3 Å². The van der Waals surface area contributed by atoms with Crippen LogP contribution in [0.15, 0.2) is 52.5 Å². The highest BCUT2D eigenvalue weighted by atomic mass is 32.2. The Hall–Kier alpha value is -1.55. The molecule has 0 aliphatic rings. The predicted octanol–water partition coefficient (Wildman–Crippen LogP) is 2.40. The molecule has 3 nitrogen and oxygen atoms in total. The summed E-state index contributed by atoms with van der Waals surface area (Å²) in [7, 11) is 0. The normalized spacial score (nSPS) is 10.4. The average molecular weight is 246 g/mol. The van der Waals surface area contributed by atoms with Crippen LogP contribution in [0.25, 0.3) is 0 Å². The summed E-state index contributed by atoms with van der Waals surface area (Å²) in [5.41, 5.74) is 1.03. The molecule has 1 aromatic carbocycles. The van der Waals surface area contributed by atoms with Gasteiger partial charge in [-0.2, -0.15) is 4.98 Å². The Bertz CT molecular complexity index is 537. The first-order valence-corrected chi connectivity index (χ1v) is 6.52. The van der Waals surface area contributed by atoms with E-state index in [1.807, 2.05) is 22.8 Å². The molecule has 0 aliphatic carbocycles. The van der Waals surface area contributed by atoms with Gasteiger partial charge < -0.3 is 4.57 Å². The molecule has 0 aliphatic heterocycles. The standard InChI is InChI=1S/C13H14N2OS/c1-2-17-13-14-12(16)8-9-15(13)10-11-6-4-3-5-7-11/h3-9H,2,10H2,1H3. The van der Waals surface area contributed by atoms with Crippen molar-refractivity contribution in [1.29, 1.82) is 0 Å². The van der Waals surface area contributed by atoms with E-state index in [9.17, 15) is 4.79 Å². The van der Waals surface area contributed by atoms with Crippen molar-refractivity contribution in [3.05, 3.63) is 58.5 Å². The molecule has 0 spiro atoms. The Morgan fingerprint density at radius 3 is 2.71 bits per heavy atom. The van der Waals surface area contributed by atoms with E-state index in [4.69, 9.17) is 0 Å². The van der Waals surface area contributed by atoms with Crippen LogP contribution < -0.4 is 5.56 Å². The first-order chi connectivity index (χ1) is 8.29. The maximum Gasteiger partial charge on any atom is 0.273 e. The molecule has 2 aromatic rings. The monoisotopic (exact) mass is 246 g/mol. The summed E-state index contributed by atoms with van der Waals surface area (Å²) in [5.74, 6) is 0.908. The second-order valence-corrected chi connectivity index (χ2v) is 4.83. The lowest BCUT2D eigenvalue weighted by Gasteiger charge is -2.10. The molecule has 0 saturated heterocycles. The van der Waals surface area contributed by atoms with Crippen molar-refractivity contribution in [2.75, 3.05) is 5.75 Å². The molecule has 1 aromatic heterocycles. The third kappa shape index (κ3) is 3.20. The molecule has 0 unspecified atom stereocenters. The van der Waals surface area contributed by atoms with Crippen molar-refractivity contribution in [3.8, 4) is 0 Å². The van der Waals surface area contributed by atoms with Gasteiger partial charge in [-0.15, -0.1) is 0 Å². The molecule has 4 heteroatoms. The fraction of sp³-hybridized carbons (Fsp3) is 0.231. The van der Waals surface area contributed by atoms with Crippen LogP contribution in [-0.2, 0) is 6.54 Å². The van der Waals surface area contributed by atoms with E-state index in [-0.39, 0.29) is 5.56 Å². The van der Waals surface area contributed by atoms with Gasteiger partial charge in [-0.1, -0.05) is 49.0 Å². The third-order valence-electron chi connectivity index (χ3n) is 2.32. The van der Waals surface area contributed by atoms with E-state index < -0.39 is 0 Å². The Morgan fingerprint density at radius 1 is 1.24 bits per heavy atom.